The van der Waals surface area contributed by atoms with Gasteiger partial charge in [-0.15, -0.1) is 0 Å². The van der Waals surface area contributed by atoms with Gasteiger partial charge in [-0.05, 0) is 18.1 Å². The van der Waals surface area contributed by atoms with Gasteiger partial charge >= 0.3 is 0 Å². The fourth-order valence-corrected chi connectivity index (χ4v) is 1.39. The van der Waals surface area contributed by atoms with E-state index in [-0.39, 0.29) is 11.5 Å². The first-order chi connectivity index (χ1) is 3.22. The summed E-state index contributed by atoms with van der Waals surface area (Å²) in [6.45, 7) is 1.92. The second-order valence-electron chi connectivity index (χ2n) is 1.71. The highest BCUT2D eigenvalue weighted by Gasteiger charge is 2.43. The smallest absolute Gasteiger partial charge is 0.242 e. The van der Waals surface area contributed by atoms with Crippen molar-refractivity contribution in [3.8, 4) is 0 Å². The van der Waals surface area contributed by atoms with Crippen LogP contribution in [0.2, 0.25) is 0 Å². The first-order valence-corrected chi connectivity index (χ1v) is 3.81. The molecule has 1 aliphatic heterocycles. The minimum atomic E-state index is -0.758. The highest BCUT2D eigenvalue weighted by Crippen LogP contribution is 2.25. The van der Waals surface area contributed by atoms with E-state index in [9.17, 15) is 4.55 Å². The summed E-state index contributed by atoms with van der Waals surface area (Å²) in [5.41, 5.74) is 0.0417. The van der Waals surface area contributed by atoms with Crippen molar-refractivity contribution in [2.45, 2.75) is 18.5 Å². The third kappa shape index (κ3) is 1.08. The number of rotatable bonds is 1. The Bertz CT molecular complexity index is 74.1. The number of epoxide rings is 1. The molecule has 0 aromatic heterocycles. The van der Waals surface area contributed by atoms with Crippen molar-refractivity contribution < 1.29 is 9.29 Å². The largest absolute Gasteiger partial charge is 0.614 e. The average Bonchev–Trinajstić information content (AvgIpc) is 2.17. The van der Waals surface area contributed by atoms with Crippen LogP contribution in [0.4, 0.5) is 0 Å². The molecule has 0 N–H and O–H groups in total. The molecule has 3 atom stereocenters. The molecule has 0 aliphatic carbocycles. The summed E-state index contributed by atoms with van der Waals surface area (Å²) in [6.07, 6.45) is 1.90. The minimum absolute atomic E-state index is 0.0417. The average molecular weight is 120 g/mol. The van der Waals surface area contributed by atoms with E-state index >= 15 is 0 Å². The van der Waals surface area contributed by atoms with E-state index in [0.717, 1.165) is 0 Å². The van der Waals surface area contributed by atoms with Gasteiger partial charge in [0.25, 0.3) is 0 Å². The molecule has 1 aliphatic rings. The lowest BCUT2D eigenvalue weighted by atomic mass is 10.6. The summed E-state index contributed by atoms with van der Waals surface area (Å²) in [4.78, 5) is 0. The van der Waals surface area contributed by atoms with Crippen LogP contribution in [-0.2, 0) is 15.9 Å². The molecule has 1 fully saturated rings. The van der Waals surface area contributed by atoms with Gasteiger partial charge in [-0.1, -0.05) is 0 Å². The van der Waals surface area contributed by atoms with Crippen LogP contribution in [0.3, 0.4) is 0 Å². The fourth-order valence-electron chi connectivity index (χ4n) is 0.514. The second-order valence-corrected chi connectivity index (χ2v) is 3.17. The maximum atomic E-state index is 10.4. The van der Waals surface area contributed by atoms with Crippen molar-refractivity contribution in [3.63, 3.8) is 0 Å². The van der Waals surface area contributed by atoms with Crippen LogP contribution in [-0.4, -0.2) is 22.3 Å². The van der Waals surface area contributed by atoms with E-state index in [2.05, 4.69) is 0 Å². The van der Waals surface area contributed by atoms with Crippen molar-refractivity contribution in [2.75, 3.05) is 6.26 Å². The Morgan fingerprint density at radius 2 is 2.14 bits per heavy atom. The van der Waals surface area contributed by atoms with E-state index in [0.29, 0.717) is 0 Å². The van der Waals surface area contributed by atoms with Crippen molar-refractivity contribution in [2.24, 2.45) is 0 Å². The molecule has 0 spiro atoms. The van der Waals surface area contributed by atoms with Crippen LogP contribution in [0.15, 0.2) is 0 Å². The summed E-state index contributed by atoms with van der Waals surface area (Å²) in [6, 6.07) is 0. The molecule has 0 radical (unpaired) electrons. The highest BCUT2D eigenvalue weighted by molar-refractivity contribution is 7.91. The Morgan fingerprint density at radius 1 is 1.71 bits per heavy atom. The standard InChI is InChI=1S/C4H8O2S/c1-3-4(6-3)7(2)5/h3-4H,1-2H3. The lowest BCUT2D eigenvalue weighted by Crippen LogP contribution is -2.06. The second kappa shape index (κ2) is 1.65. The Hall–Kier alpha value is 0.270. The van der Waals surface area contributed by atoms with Gasteiger partial charge in [0.05, 0.1) is 6.26 Å². The van der Waals surface area contributed by atoms with Gasteiger partial charge in [0.2, 0.25) is 5.44 Å². The van der Waals surface area contributed by atoms with E-state index in [1.165, 1.54) is 0 Å². The molecule has 1 rings (SSSR count). The van der Waals surface area contributed by atoms with Crippen LogP contribution >= 0.6 is 0 Å². The molecule has 0 aromatic rings. The Kier molecular flexibility index (Phi) is 1.28. The van der Waals surface area contributed by atoms with Crippen molar-refractivity contribution in [1.29, 1.82) is 0 Å². The van der Waals surface area contributed by atoms with Gasteiger partial charge in [-0.25, -0.2) is 0 Å². The van der Waals surface area contributed by atoms with Gasteiger partial charge in [0.15, 0.2) is 0 Å². The third-order valence-electron chi connectivity index (χ3n) is 0.983. The monoisotopic (exact) mass is 120 g/mol. The molecular formula is C4H8O2S. The molecule has 7 heavy (non-hydrogen) atoms. The summed E-state index contributed by atoms with van der Waals surface area (Å²) < 4.78 is 15.3. The first-order valence-electron chi connectivity index (χ1n) is 2.19. The molecule has 1 saturated heterocycles. The first kappa shape index (κ1) is 5.41. The molecule has 0 aromatic carbocycles. The lowest BCUT2D eigenvalue weighted by Gasteiger charge is -1.95. The molecule has 0 amide bonds. The third-order valence-corrected chi connectivity index (χ3v) is 2.13. The normalized spacial score (nSPS) is 43.3. The molecule has 3 heteroatoms. The number of hydrogen-bond acceptors (Lipinski definition) is 2. The van der Waals surface area contributed by atoms with E-state index in [1.54, 1.807) is 6.26 Å². The summed E-state index contributed by atoms with van der Waals surface area (Å²) in [5.74, 6) is 0. The lowest BCUT2D eigenvalue weighted by molar-refractivity contribution is 0.406. The zero-order chi connectivity index (χ0) is 5.44. The Balaban J connectivity index is 2.20. The maximum Gasteiger partial charge on any atom is 0.242 e. The van der Waals surface area contributed by atoms with Gasteiger partial charge in [0, 0.05) is 0 Å². The molecule has 1 heterocycles. The topological polar surface area (TPSA) is 35.6 Å². The van der Waals surface area contributed by atoms with Gasteiger partial charge in [-0.3, -0.25) is 0 Å². The van der Waals surface area contributed by atoms with Crippen molar-refractivity contribution in [1.82, 2.24) is 0 Å². The SMILES string of the molecule is CC1OC1[S+](C)[O-]. The fraction of sp³-hybridized carbons (Fsp3) is 1.00. The van der Waals surface area contributed by atoms with E-state index in [4.69, 9.17) is 4.74 Å². The summed E-state index contributed by atoms with van der Waals surface area (Å²) in [5, 5.41) is 0. The molecule has 0 saturated carbocycles. The van der Waals surface area contributed by atoms with Crippen molar-refractivity contribution >= 4 is 11.2 Å². The molecule has 0 bridgehead atoms. The zero-order valence-corrected chi connectivity index (χ0v) is 5.20. The molecule has 3 unspecified atom stereocenters. The van der Waals surface area contributed by atoms with E-state index in [1.807, 2.05) is 6.92 Å². The van der Waals surface area contributed by atoms with Crippen LogP contribution < -0.4 is 0 Å². The van der Waals surface area contributed by atoms with Gasteiger partial charge < -0.3 is 9.29 Å². The highest BCUT2D eigenvalue weighted by atomic mass is 32.2. The quantitative estimate of drug-likeness (QED) is 0.363. The zero-order valence-electron chi connectivity index (χ0n) is 4.38. The number of hydrogen-bond donors (Lipinski definition) is 0. The van der Waals surface area contributed by atoms with Gasteiger partial charge in [0.1, 0.15) is 6.10 Å². The van der Waals surface area contributed by atoms with Crippen LogP contribution in [0.25, 0.3) is 0 Å². The molecule has 2 nitrogen and oxygen atoms in total. The predicted molar refractivity (Wildman–Crippen MR) is 28.4 cm³/mol. The van der Waals surface area contributed by atoms with Crippen LogP contribution in [0.1, 0.15) is 6.92 Å². The Labute approximate surface area is 46.0 Å². The van der Waals surface area contributed by atoms with Gasteiger partial charge in [-0.2, -0.15) is 0 Å². The summed E-state index contributed by atoms with van der Waals surface area (Å²) >= 11 is -0.758. The molecular weight excluding hydrogens is 112 g/mol. The summed E-state index contributed by atoms with van der Waals surface area (Å²) in [7, 11) is 0. The van der Waals surface area contributed by atoms with Crippen molar-refractivity contribution in [3.05, 3.63) is 0 Å². The minimum Gasteiger partial charge on any atom is -0.614 e. The maximum absolute atomic E-state index is 10.4. The van der Waals surface area contributed by atoms with E-state index < -0.39 is 11.2 Å². The predicted octanol–water partition coefficient (Wildman–Crippen LogP) is 0.110. The number of ether oxygens (including phenoxy) is 1. The molecule has 42 valence electrons. The Morgan fingerprint density at radius 3 is 2.14 bits per heavy atom. The van der Waals surface area contributed by atoms with Crippen LogP contribution in [0, 0.1) is 0 Å². The van der Waals surface area contributed by atoms with Crippen LogP contribution in [0.5, 0.6) is 0 Å².